The van der Waals surface area contributed by atoms with E-state index >= 15 is 0 Å². The number of benzene rings is 1. The van der Waals surface area contributed by atoms with Crippen molar-refractivity contribution in [2.45, 2.75) is 70.2 Å². The molecule has 4 unspecified atom stereocenters. The Morgan fingerprint density at radius 3 is 2.59 bits per heavy atom. The van der Waals surface area contributed by atoms with Crippen molar-refractivity contribution in [3.05, 3.63) is 35.9 Å². The number of thiocarbonyl (C=S) groups is 1. The largest absolute Gasteiger partial charge is 0.481 e. The number of ether oxygens (including phenoxy) is 2. The summed E-state index contributed by atoms with van der Waals surface area (Å²) in [5, 5.41) is 9.07. The van der Waals surface area contributed by atoms with Crippen molar-refractivity contribution >= 4 is 23.4 Å². The second-order valence-electron chi connectivity index (χ2n) is 8.03. The van der Waals surface area contributed by atoms with Gasteiger partial charge in [-0.1, -0.05) is 49.6 Å². The molecule has 0 radical (unpaired) electrons. The first-order chi connectivity index (χ1) is 14.1. The van der Waals surface area contributed by atoms with Crippen molar-refractivity contribution in [1.29, 1.82) is 0 Å². The maximum absolute atomic E-state index is 10.6. The SMILES string of the molecule is O=C(O)CCCCCCC1C2CCC(O2)C1CNNC(=S)OCc1ccccc1. The van der Waals surface area contributed by atoms with Crippen molar-refractivity contribution in [2.75, 3.05) is 6.54 Å². The number of nitrogens with one attached hydrogen (secondary N) is 2. The molecule has 160 valence electrons. The number of rotatable bonds is 12. The van der Waals surface area contributed by atoms with Gasteiger partial charge < -0.3 is 14.6 Å². The molecule has 2 saturated heterocycles. The maximum atomic E-state index is 10.6. The summed E-state index contributed by atoms with van der Waals surface area (Å²) in [6.45, 7) is 1.26. The zero-order valence-electron chi connectivity index (χ0n) is 16.8. The number of carboxylic acid groups (broad SMARTS) is 1. The molecule has 2 bridgehead atoms. The van der Waals surface area contributed by atoms with Crippen LogP contribution in [0.4, 0.5) is 0 Å². The molecule has 0 saturated carbocycles. The van der Waals surface area contributed by atoms with Crippen LogP contribution in [-0.4, -0.2) is 35.0 Å². The van der Waals surface area contributed by atoms with Gasteiger partial charge >= 0.3 is 5.97 Å². The molecular formula is C22H32N2O4S. The van der Waals surface area contributed by atoms with Gasteiger partial charge in [0.1, 0.15) is 6.61 Å². The molecule has 0 spiro atoms. The first kappa shape index (κ1) is 22.0. The van der Waals surface area contributed by atoms with Crippen LogP contribution in [0, 0.1) is 11.8 Å². The van der Waals surface area contributed by atoms with Crippen LogP contribution in [0.25, 0.3) is 0 Å². The highest BCUT2D eigenvalue weighted by Gasteiger charge is 2.47. The fraction of sp³-hybridized carbons (Fsp3) is 0.636. The number of fused-ring (bicyclic) bond motifs is 2. The fourth-order valence-corrected chi connectivity index (χ4v) is 4.69. The Balaban J connectivity index is 1.33. The van der Waals surface area contributed by atoms with Crippen molar-refractivity contribution < 1.29 is 19.4 Å². The highest BCUT2D eigenvalue weighted by Crippen LogP contribution is 2.45. The van der Waals surface area contributed by atoms with Crippen LogP contribution in [0.5, 0.6) is 0 Å². The highest BCUT2D eigenvalue weighted by molar-refractivity contribution is 7.80. The van der Waals surface area contributed by atoms with E-state index in [0.29, 0.717) is 35.8 Å². The first-order valence-electron chi connectivity index (χ1n) is 10.7. The second-order valence-corrected chi connectivity index (χ2v) is 8.40. The molecule has 2 heterocycles. The van der Waals surface area contributed by atoms with Gasteiger partial charge in [0.25, 0.3) is 5.17 Å². The molecule has 3 rings (SSSR count). The number of hydrogen-bond donors (Lipinski definition) is 3. The molecule has 1 aromatic carbocycles. The Morgan fingerprint density at radius 2 is 1.83 bits per heavy atom. The van der Waals surface area contributed by atoms with Gasteiger partial charge in [-0.05, 0) is 49.4 Å². The van der Waals surface area contributed by atoms with Gasteiger partial charge in [0.15, 0.2) is 0 Å². The number of aliphatic carboxylic acids is 1. The molecule has 7 heteroatoms. The lowest BCUT2D eigenvalue weighted by molar-refractivity contribution is -0.137. The monoisotopic (exact) mass is 420 g/mol. The average molecular weight is 421 g/mol. The quantitative estimate of drug-likeness (QED) is 0.270. The van der Waals surface area contributed by atoms with E-state index in [9.17, 15) is 4.79 Å². The van der Waals surface area contributed by atoms with Crippen LogP contribution >= 0.6 is 12.2 Å². The summed E-state index contributed by atoms with van der Waals surface area (Å²) in [5.74, 6) is 0.356. The van der Waals surface area contributed by atoms with Crippen LogP contribution in [0.2, 0.25) is 0 Å². The van der Waals surface area contributed by atoms with E-state index in [1.54, 1.807) is 0 Å². The zero-order valence-corrected chi connectivity index (χ0v) is 17.7. The average Bonchev–Trinajstić information content (AvgIpc) is 3.32. The van der Waals surface area contributed by atoms with Crippen molar-refractivity contribution in [3.63, 3.8) is 0 Å². The smallest absolute Gasteiger partial charge is 0.303 e. The van der Waals surface area contributed by atoms with Crippen LogP contribution in [-0.2, 0) is 20.9 Å². The van der Waals surface area contributed by atoms with Crippen LogP contribution in [0.3, 0.4) is 0 Å². The summed E-state index contributed by atoms with van der Waals surface area (Å²) >= 11 is 5.25. The van der Waals surface area contributed by atoms with E-state index in [4.69, 9.17) is 26.8 Å². The molecule has 1 aromatic rings. The van der Waals surface area contributed by atoms with E-state index in [2.05, 4.69) is 10.9 Å². The van der Waals surface area contributed by atoms with Gasteiger partial charge in [0.05, 0.1) is 12.2 Å². The predicted octanol–water partition coefficient (Wildman–Crippen LogP) is 3.80. The minimum atomic E-state index is -0.698. The highest BCUT2D eigenvalue weighted by atomic mass is 32.1. The van der Waals surface area contributed by atoms with Gasteiger partial charge in [-0.3, -0.25) is 10.2 Å². The number of carboxylic acids is 1. The van der Waals surface area contributed by atoms with Crippen LogP contribution in [0.1, 0.15) is 56.9 Å². The molecule has 4 atom stereocenters. The van der Waals surface area contributed by atoms with Crippen molar-refractivity contribution in [2.24, 2.45) is 11.8 Å². The number of hydrogen-bond acceptors (Lipinski definition) is 5. The lowest BCUT2D eigenvalue weighted by Crippen LogP contribution is -2.44. The normalized spacial score (nSPS) is 25.1. The van der Waals surface area contributed by atoms with E-state index in [1.807, 2.05) is 30.3 Å². The summed E-state index contributed by atoms with van der Waals surface area (Å²) in [6, 6.07) is 9.96. The summed E-state index contributed by atoms with van der Waals surface area (Å²) in [7, 11) is 0. The van der Waals surface area contributed by atoms with Crippen LogP contribution in [0.15, 0.2) is 30.3 Å². The Bertz CT molecular complexity index is 657. The van der Waals surface area contributed by atoms with E-state index in [0.717, 1.165) is 57.1 Å². The van der Waals surface area contributed by atoms with Gasteiger partial charge in [-0.25, -0.2) is 5.43 Å². The van der Waals surface area contributed by atoms with Crippen molar-refractivity contribution in [3.8, 4) is 0 Å². The number of unbranched alkanes of at least 4 members (excludes halogenated alkanes) is 3. The lowest BCUT2D eigenvalue weighted by atomic mass is 9.76. The van der Waals surface area contributed by atoms with E-state index in [1.165, 1.54) is 0 Å². The van der Waals surface area contributed by atoms with Gasteiger partial charge in [0.2, 0.25) is 0 Å². The molecule has 0 aliphatic carbocycles. The zero-order chi connectivity index (χ0) is 20.5. The fourth-order valence-electron chi connectivity index (χ4n) is 4.56. The molecule has 2 aliphatic heterocycles. The Kier molecular flexibility index (Phi) is 8.70. The van der Waals surface area contributed by atoms with E-state index in [-0.39, 0.29) is 6.42 Å². The molecule has 3 N–H and O–H groups in total. The maximum Gasteiger partial charge on any atom is 0.303 e. The third kappa shape index (κ3) is 6.94. The third-order valence-electron chi connectivity index (χ3n) is 6.01. The predicted molar refractivity (Wildman–Crippen MR) is 115 cm³/mol. The molecule has 2 fully saturated rings. The topological polar surface area (TPSA) is 79.8 Å². The lowest BCUT2D eigenvalue weighted by Gasteiger charge is -2.28. The van der Waals surface area contributed by atoms with Gasteiger partial charge in [0, 0.05) is 18.9 Å². The summed E-state index contributed by atoms with van der Waals surface area (Å²) in [4.78, 5) is 10.6. The third-order valence-corrected chi connectivity index (χ3v) is 6.23. The standard InChI is InChI=1S/C22H32N2O4S/c25-21(26)11-7-2-1-6-10-17-18(20-13-12-19(17)28-20)14-23-24-22(29)27-15-16-8-4-3-5-9-16/h3-5,8-9,17-20,23H,1-2,6-7,10-15H2,(H,24,29)(H,25,26). The van der Waals surface area contributed by atoms with Gasteiger partial charge in [-0.2, -0.15) is 0 Å². The Labute approximate surface area is 178 Å². The van der Waals surface area contributed by atoms with Gasteiger partial charge in [-0.15, -0.1) is 0 Å². The molecule has 0 amide bonds. The molecule has 0 aromatic heterocycles. The van der Waals surface area contributed by atoms with Crippen LogP contribution < -0.4 is 10.9 Å². The second kappa shape index (κ2) is 11.5. The number of carbonyl (C=O) groups is 1. The molecule has 6 nitrogen and oxygen atoms in total. The van der Waals surface area contributed by atoms with E-state index < -0.39 is 5.97 Å². The Morgan fingerprint density at radius 1 is 1.10 bits per heavy atom. The minimum Gasteiger partial charge on any atom is -0.481 e. The first-order valence-corrected chi connectivity index (χ1v) is 11.1. The summed E-state index contributed by atoms with van der Waals surface area (Å²) in [5.41, 5.74) is 7.33. The number of hydrazine groups is 1. The Hall–Kier alpha value is -1.70. The molecule has 2 aliphatic rings. The molecular weight excluding hydrogens is 388 g/mol. The summed E-state index contributed by atoms with van der Waals surface area (Å²) in [6.07, 6.45) is 8.45. The molecule has 29 heavy (non-hydrogen) atoms. The minimum absolute atomic E-state index is 0.279. The summed E-state index contributed by atoms with van der Waals surface area (Å²) < 4.78 is 11.7. The van der Waals surface area contributed by atoms with Crippen molar-refractivity contribution in [1.82, 2.24) is 10.9 Å².